The number of nitriles is 1. The third kappa shape index (κ3) is 6.20. The Morgan fingerprint density at radius 3 is 2.41 bits per heavy atom. The lowest BCUT2D eigenvalue weighted by Gasteiger charge is -2.09. The van der Waals surface area contributed by atoms with Crippen LogP contribution in [0.3, 0.4) is 0 Å². The second-order valence-electron chi connectivity index (χ2n) is 6.50. The van der Waals surface area contributed by atoms with Gasteiger partial charge in [0.05, 0.1) is 6.07 Å². The topological polar surface area (TPSA) is 79.5 Å². The first kappa shape index (κ1) is 20.1. The summed E-state index contributed by atoms with van der Waals surface area (Å²) in [4.78, 5) is 11.9. The van der Waals surface area contributed by atoms with Crippen molar-refractivity contribution in [1.29, 1.82) is 5.26 Å². The van der Waals surface area contributed by atoms with Crippen LogP contribution < -0.4 is 4.74 Å². The number of carbonyl (C=O) groups excluding carboxylic acids is 1. The number of hydrogen-bond acceptors (Lipinski definition) is 5. The van der Waals surface area contributed by atoms with Gasteiger partial charge in [0.25, 0.3) is 0 Å². The van der Waals surface area contributed by atoms with E-state index in [2.05, 4.69) is 0 Å². The molecular formula is C24H21NO4. The number of carbonyl (C=O) groups is 1. The molecule has 0 heterocycles. The average Bonchev–Trinajstić information content (AvgIpc) is 2.77. The predicted octanol–water partition coefficient (Wildman–Crippen LogP) is 4.71. The fourth-order valence-corrected chi connectivity index (χ4v) is 2.74. The molecule has 0 aromatic heterocycles. The molecule has 29 heavy (non-hydrogen) atoms. The van der Waals surface area contributed by atoms with E-state index in [0.29, 0.717) is 29.9 Å². The maximum absolute atomic E-state index is 11.9. The van der Waals surface area contributed by atoms with Crippen molar-refractivity contribution in [2.24, 2.45) is 0 Å². The molecule has 0 aliphatic rings. The van der Waals surface area contributed by atoms with Crippen molar-refractivity contribution in [2.45, 2.75) is 25.6 Å². The molecule has 0 aliphatic heterocycles. The fraction of sp³-hybridized carbons (Fsp3) is 0.167. The van der Waals surface area contributed by atoms with Crippen LogP contribution >= 0.6 is 0 Å². The molecule has 146 valence electrons. The van der Waals surface area contributed by atoms with E-state index >= 15 is 0 Å². The second kappa shape index (κ2) is 10.1. The van der Waals surface area contributed by atoms with Crippen LogP contribution in [0, 0.1) is 11.3 Å². The lowest BCUT2D eigenvalue weighted by atomic mass is 10.1. The Hall–Kier alpha value is -3.62. The van der Waals surface area contributed by atoms with Crippen molar-refractivity contribution < 1.29 is 19.4 Å². The molecule has 0 amide bonds. The zero-order chi connectivity index (χ0) is 20.5. The van der Waals surface area contributed by atoms with E-state index in [1.54, 1.807) is 30.3 Å². The van der Waals surface area contributed by atoms with Crippen molar-refractivity contribution in [3.8, 4) is 17.6 Å². The number of benzene rings is 3. The molecule has 0 aliphatic carbocycles. The highest BCUT2D eigenvalue weighted by Gasteiger charge is 2.08. The largest absolute Gasteiger partial charge is 0.461 e. The molecule has 5 heteroatoms. The maximum atomic E-state index is 11.9. The summed E-state index contributed by atoms with van der Waals surface area (Å²) >= 11 is 0. The van der Waals surface area contributed by atoms with Gasteiger partial charge < -0.3 is 14.6 Å². The van der Waals surface area contributed by atoms with Gasteiger partial charge in [0, 0.05) is 6.42 Å². The number of aryl methyl sites for hydroxylation is 1. The molecule has 3 aromatic carbocycles. The lowest BCUT2D eigenvalue weighted by molar-refractivity contribution is -0.144. The Morgan fingerprint density at radius 1 is 0.931 bits per heavy atom. The van der Waals surface area contributed by atoms with Crippen molar-refractivity contribution in [1.82, 2.24) is 0 Å². The van der Waals surface area contributed by atoms with Gasteiger partial charge in [0.1, 0.15) is 18.1 Å². The Bertz CT molecular complexity index is 978. The summed E-state index contributed by atoms with van der Waals surface area (Å²) in [5, 5.41) is 18.4. The molecule has 0 fully saturated rings. The number of aliphatic hydroxyl groups excluding tert-OH is 1. The van der Waals surface area contributed by atoms with E-state index in [4.69, 9.17) is 14.7 Å². The number of aliphatic hydroxyl groups is 1. The third-order valence-corrected chi connectivity index (χ3v) is 4.32. The van der Waals surface area contributed by atoms with E-state index in [1.165, 1.54) is 0 Å². The first-order valence-electron chi connectivity index (χ1n) is 9.28. The molecule has 1 atom stereocenters. The molecule has 0 saturated heterocycles. The van der Waals surface area contributed by atoms with Crippen LogP contribution in [0.2, 0.25) is 0 Å². The van der Waals surface area contributed by atoms with Crippen molar-refractivity contribution >= 4 is 5.97 Å². The smallest absolute Gasteiger partial charge is 0.306 e. The van der Waals surface area contributed by atoms with E-state index in [1.807, 2.05) is 54.6 Å². The van der Waals surface area contributed by atoms with Gasteiger partial charge in [-0.3, -0.25) is 4.79 Å². The van der Waals surface area contributed by atoms with Gasteiger partial charge in [-0.1, -0.05) is 54.6 Å². The zero-order valence-electron chi connectivity index (χ0n) is 15.8. The van der Waals surface area contributed by atoms with Crippen molar-refractivity contribution in [3.05, 3.63) is 95.6 Å². The minimum absolute atomic E-state index is 0.234. The molecule has 3 aromatic rings. The van der Waals surface area contributed by atoms with Crippen LogP contribution in [0.15, 0.2) is 78.9 Å². The summed E-state index contributed by atoms with van der Waals surface area (Å²) in [6, 6.07) is 25.6. The molecule has 3 rings (SSSR count). The monoisotopic (exact) mass is 387 g/mol. The highest BCUT2D eigenvalue weighted by Crippen LogP contribution is 2.25. The van der Waals surface area contributed by atoms with E-state index in [9.17, 15) is 9.90 Å². The standard InChI is InChI=1S/C24H21NO4/c25-16-23(26)20-7-4-8-22(15-20)29-21-12-9-18(10-13-21)11-14-24(27)28-17-19-5-2-1-3-6-19/h1-10,12-13,15,23,26H,11,14,17H2. The normalized spacial score (nSPS) is 11.3. The number of hydrogen-bond donors (Lipinski definition) is 1. The van der Waals surface area contributed by atoms with Crippen molar-refractivity contribution in [2.75, 3.05) is 0 Å². The highest BCUT2D eigenvalue weighted by molar-refractivity contribution is 5.69. The molecule has 1 unspecified atom stereocenters. The summed E-state index contributed by atoms with van der Waals surface area (Å²) in [5.74, 6) is 0.931. The molecule has 5 nitrogen and oxygen atoms in total. The zero-order valence-corrected chi connectivity index (χ0v) is 15.8. The third-order valence-electron chi connectivity index (χ3n) is 4.32. The minimum Gasteiger partial charge on any atom is -0.461 e. The first-order valence-corrected chi connectivity index (χ1v) is 9.28. The SMILES string of the molecule is N#CC(O)c1cccc(Oc2ccc(CCC(=O)OCc3ccccc3)cc2)c1. The Labute approximate surface area is 169 Å². The first-order chi connectivity index (χ1) is 14.1. The van der Waals surface area contributed by atoms with E-state index in [-0.39, 0.29) is 12.6 Å². The van der Waals surface area contributed by atoms with Crippen LogP contribution in [-0.2, 0) is 22.6 Å². The van der Waals surface area contributed by atoms with Crippen molar-refractivity contribution in [3.63, 3.8) is 0 Å². The number of ether oxygens (including phenoxy) is 2. The van der Waals surface area contributed by atoms with Gasteiger partial charge in [-0.2, -0.15) is 5.26 Å². The molecular weight excluding hydrogens is 366 g/mol. The summed E-state index contributed by atoms with van der Waals surface area (Å²) in [7, 11) is 0. The average molecular weight is 387 g/mol. The molecule has 0 saturated carbocycles. The Morgan fingerprint density at radius 2 is 1.69 bits per heavy atom. The summed E-state index contributed by atoms with van der Waals surface area (Å²) in [5.41, 5.74) is 2.45. The van der Waals surface area contributed by atoms with Gasteiger partial charge >= 0.3 is 5.97 Å². The van der Waals surface area contributed by atoms with Gasteiger partial charge in [0.15, 0.2) is 6.10 Å². The number of rotatable bonds is 8. The van der Waals surface area contributed by atoms with Gasteiger partial charge in [0.2, 0.25) is 0 Å². The van der Waals surface area contributed by atoms with Crippen LogP contribution in [0.1, 0.15) is 29.2 Å². The highest BCUT2D eigenvalue weighted by atomic mass is 16.5. The predicted molar refractivity (Wildman–Crippen MR) is 108 cm³/mol. The minimum atomic E-state index is -1.18. The Balaban J connectivity index is 1.49. The van der Waals surface area contributed by atoms with Crippen LogP contribution in [0.4, 0.5) is 0 Å². The summed E-state index contributed by atoms with van der Waals surface area (Å²) in [6.07, 6.45) is -0.290. The Kier molecular flexibility index (Phi) is 6.99. The molecule has 1 N–H and O–H groups in total. The molecule has 0 radical (unpaired) electrons. The van der Waals surface area contributed by atoms with Crippen LogP contribution in [-0.4, -0.2) is 11.1 Å². The van der Waals surface area contributed by atoms with E-state index in [0.717, 1.165) is 11.1 Å². The van der Waals surface area contributed by atoms with Gasteiger partial charge in [-0.25, -0.2) is 0 Å². The van der Waals surface area contributed by atoms with Gasteiger partial charge in [-0.05, 0) is 47.4 Å². The second-order valence-corrected chi connectivity index (χ2v) is 6.50. The van der Waals surface area contributed by atoms with Crippen LogP contribution in [0.25, 0.3) is 0 Å². The quantitative estimate of drug-likeness (QED) is 0.447. The maximum Gasteiger partial charge on any atom is 0.306 e. The molecule has 0 bridgehead atoms. The fourth-order valence-electron chi connectivity index (χ4n) is 2.74. The number of nitrogens with zero attached hydrogens (tertiary/aromatic N) is 1. The summed E-state index contributed by atoms with van der Waals surface area (Å²) in [6.45, 7) is 0.284. The lowest BCUT2D eigenvalue weighted by Crippen LogP contribution is -2.05. The summed E-state index contributed by atoms with van der Waals surface area (Å²) < 4.78 is 11.1. The van der Waals surface area contributed by atoms with E-state index < -0.39 is 6.10 Å². The van der Waals surface area contributed by atoms with Crippen LogP contribution in [0.5, 0.6) is 11.5 Å². The molecule has 0 spiro atoms. The number of esters is 1. The van der Waals surface area contributed by atoms with Gasteiger partial charge in [-0.15, -0.1) is 0 Å².